The molecule has 0 unspecified atom stereocenters. The molecule has 1 fully saturated rings. The highest BCUT2D eigenvalue weighted by Gasteiger charge is 2.17. The largest absolute Gasteiger partial charge is 0.384 e. The Bertz CT molecular complexity index is 378. The first kappa shape index (κ1) is 11.9. The number of hydrogen-bond acceptors (Lipinski definition) is 4. The summed E-state index contributed by atoms with van der Waals surface area (Å²) in [6, 6.07) is 3.78. The Kier molecular flexibility index (Phi) is 3.93. The number of nitrogens with zero attached hydrogens (tertiary/aromatic N) is 2. The zero-order valence-electron chi connectivity index (χ0n) is 9.76. The van der Waals surface area contributed by atoms with E-state index in [0.29, 0.717) is 19.0 Å². The van der Waals surface area contributed by atoms with Crippen molar-refractivity contribution in [1.82, 2.24) is 9.88 Å². The minimum atomic E-state index is 0.0895. The molecule has 0 saturated carbocycles. The molecule has 1 aliphatic heterocycles. The quantitative estimate of drug-likeness (QED) is 0.823. The summed E-state index contributed by atoms with van der Waals surface area (Å²) in [4.78, 5) is 17.3. The van der Waals surface area contributed by atoms with E-state index in [9.17, 15) is 4.79 Å². The molecular weight excluding hydrogens is 218 g/mol. The van der Waals surface area contributed by atoms with Crippen molar-refractivity contribution in [3.05, 3.63) is 23.9 Å². The lowest BCUT2D eigenvalue weighted by Gasteiger charge is -2.26. The number of aromatic nitrogens is 1. The maximum Gasteiger partial charge on any atom is 0.248 e. The molecule has 1 aliphatic rings. The number of carbonyl (C=O) groups excluding carboxylic acids is 1. The molecule has 0 aromatic carbocycles. The number of nitrogens with two attached hydrogens (primary N) is 1. The lowest BCUT2D eigenvalue weighted by atomic mass is 10.1. The molecule has 5 heteroatoms. The summed E-state index contributed by atoms with van der Waals surface area (Å²) in [6.07, 6.45) is 3.64. The third kappa shape index (κ3) is 3.42. The zero-order valence-corrected chi connectivity index (χ0v) is 9.76. The third-order valence-corrected chi connectivity index (χ3v) is 2.82. The molecule has 0 bridgehead atoms. The summed E-state index contributed by atoms with van der Waals surface area (Å²) >= 11 is 0. The zero-order chi connectivity index (χ0) is 12.1. The second kappa shape index (κ2) is 5.63. The molecule has 1 saturated heterocycles. The summed E-state index contributed by atoms with van der Waals surface area (Å²) in [6.45, 7) is 2.37. The minimum Gasteiger partial charge on any atom is -0.384 e. The van der Waals surface area contributed by atoms with Gasteiger partial charge < -0.3 is 15.4 Å². The Morgan fingerprint density at radius 3 is 3.06 bits per heavy atom. The van der Waals surface area contributed by atoms with Crippen LogP contribution in [-0.2, 0) is 16.0 Å². The monoisotopic (exact) mass is 235 g/mol. The molecule has 0 aliphatic carbocycles. The van der Waals surface area contributed by atoms with Crippen molar-refractivity contribution in [2.75, 3.05) is 32.0 Å². The van der Waals surface area contributed by atoms with Crippen LogP contribution in [0.2, 0.25) is 0 Å². The van der Waals surface area contributed by atoms with Crippen LogP contribution in [0.4, 0.5) is 5.82 Å². The summed E-state index contributed by atoms with van der Waals surface area (Å²) in [5, 5.41) is 0. The number of aryl methyl sites for hydroxylation is 1. The van der Waals surface area contributed by atoms with Gasteiger partial charge in [0.25, 0.3) is 0 Å². The third-order valence-electron chi connectivity index (χ3n) is 2.82. The molecular formula is C12H17N3O2. The Hall–Kier alpha value is -1.62. The molecule has 1 amide bonds. The number of anilines is 1. The summed E-state index contributed by atoms with van der Waals surface area (Å²) in [5.74, 6) is 0.629. The Morgan fingerprint density at radius 1 is 1.47 bits per heavy atom. The van der Waals surface area contributed by atoms with Crippen molar-refractivity contribution >= 4 is 11.7 Å². The second-order valence-corrected chi connectivity index (χ2v) is 4.13. The minimum absolute atomic E-state index is 0.0895. The van der Waals surface area contributed by atoms with Gasteiger partial charge in [-0.05, 0) is 24.5 Å². The van der Waals surface area contributed by atoms with E-state index in [1.807, 2.05) is 11.0 Å². The van der Waals surface area contributed by atoms with Crippen LogP contribution in [0.3, 0.4) is 0 Å². The number of ether oxygens (including phenoxy) is 1. The Labute approximate surface area is 101 Å². The number of rotatable bonds is 4. The van der Waals surface area contributed by atoms with Crippen molar-refractivity contribution in [3.8, 4) is 0 Å². The molecule has 2 heterocycles. The maximum absolute atomic E-state index is 11.5. The number of nitrogen functional groups attached to an aromatic ring is 1. The van der Waals surface area contributed by atoms with Crippen molar-refractivity contribution in [1.29, 1.82) is 0 Å². The second-order valence-electron chi connectivity index (χ2n) is 4.13. The lowest BCUT2D eigenvalue weighted by molar-refractivity contribution is -0.142. The molecule has 0 atom stereocenters. The van der Waals surface area contributed by atoms with Gasteiger partial charge in [-0.25, -0.2) is 4.98 Å². The van der Waals surface area contributed by atoms with Gasteiger partial charge in [0.1, 0.15) is 12.4 Å². The smallest absolute Gasteiger partial charge is 0.248 e. The van der Waals surface area contributed by atoms with E-state index in [4.69, 9.17) is 10.5 Å². The van der Waals surface area contributed by atoms with Gasteiger partial charge in [-0.1, -0.05) is 6.07 Å². The van der Waals surface area contributed by atoms with Crippen LogP contribution >= 0.6 is 0 Å². The van der Waals surface area contributed by atoms with Crippen molar-refractivity contribution in [3.63, 3.8) is 0 Å². The Morgan fingerprint density at radius 2 is 2.35 bits per heavy atom. The first-order valence-electron chi connectivity index (χ1n) is 5.81. The van der Waals surface area contributed by atoms with Crippen LogP contribution in [0.15, 0.2) is 18.3 Å². The van der Waals surface area contributed by atoms with E-state index in [-0.39, 0.29) is 12.5 Å². The fourth-order valence-corrected chi connectivity index (χ4v) is 1.84. The van der Waals surface area contributed by atoms with Crippen LogP contribution < -0.4 is 5.73 Å². The molecule has 2 N–H and O–H groups in total. The lowest BCUT2D eigenvalue weighted by Crippen LogP contribution is -2.42. The van der Waals surface area contributed by atoms with E-state index in [0.717, 1.165) is 24.9 Å². The van der Waals surface area contributed by atoms with E-state index >= 15 is 0 Å². The van der Waals surface area contributed by atoms with E-state index in [1.165, 1.54) is 0 Å². The van der Waals surface area contributed by atoms with Crippen LogP contribution in [0.1, 0.15) is 12.0 Å². The molecule has 5 nitrogen and oxygen atoms in total. The van der Waals surface area contributed by atoms with Gasteiger partial charge in [-0.3, -0.25) is 4.79 Å². The standard InChI is InChI=1S/C12H17N3O2/c13-11-4-3-10(8-14-11)2-1-5-15-6-7-17-9-12(15)16/h3-4,8H,1-2,5-7,9H2,(H2,13,14). The van der Waals surface area contributed by atoms with Gasteiger partial charge >= 0.3 is 0 Å². The Balaban J connectivity index is 1.75. The van der Waals surface area contributed by atoms with Crippen LogP contribution in [0.5, 0.6) is 0 Å². The number of morpholine rings is 1. The van der Waals surface area contributed by atoms with E-state index < -0.39 is 0 Å². The highest BCUT2D eigenvalue weighted by Crippen LogP contribution is 2.06. The molecule has 1 aromatic rings. The highest BCUT2D eigenvalue weighted by atomic mass is 16.5. The first-order valence-corrected chi connectivity index (χ1v) is 5.81. The number of carbonyl (C=O) groups is 1. The van der Waals surface area contributed by atoms with E-state index in [2.05, 4.69) is 4.98 Å². The van der Waals surface area contributed by atoms with Gasteiger partial charge in [-0.15, -0.1) is 0 Å². The molecule has 17 heavy (non-hydrogen) atoms. The van der Waals surface area contributed by atoms with Crippen LogP contribution in [-0.4, -0.2) is 42.1 Å². The predicted octanol–water partition coefficient (Wildman–Crippen LogP) is 0.455. The summed E-state index contributed by atoms with van der Waals surface area (Å²) < 4.78 is 5.07. The summed E-state index contributed by atoms with van der Waals surface area (Å²) in [5.41, 5.74) is 6.67. The first-order chi connectivity index (χ1) is 8.25. The van der Waals surface area contributed by atoms with Crippen molar-refractivity contribution in [2.45, 2.75) is 12.8 Å². The van der Waals surface area contributed by atoms with Gasteiger partial charge in [-0.2, -0.15) is 0 Å². The fraction of sp³-hybridized carbons (Fsp3) is 0.500. The van der Waals surface area contributed by atoms with Crippen LogP contribution in [0.25, 0.3) is 0 Å². The number of pyridine rings is 1. The van der Waals surface area contributed by atoms with Gasteiger partial charge in [0.05, 0.1) is 6.61 Å². The van der Waals surface area contributed by atoms with E-state index in [1.54, 1.807) is 12.3 Å². The van der Waals surface area contributed by atoms with Gasteiger partial charge in [0.2, 0.25) is 5.91 Å². The highest BCUT2D eigenvalue weighted by molar-refractivity contribution is 5.77. The molecule has 2 rings (SSSR count). The van der Waals surface area contributed by atoms with Crippen LogP contribution in [0, 0.1) is 0 Å². The number of amides is 1. The summed E-state index contributed by atoms with van der Waals surface area (Å²) in [7, 11) is 0. The van der Waals surface area contributed by atoms with Gasteiger partial charge in [0.15, 0.2) is 0 Å². The van der Waals surface area contributed by atoms with Gasteiger partial charge in [0, 0.05) is 19.3 Å². The normalized spacial score (nSPS) is 16.2. The molecule has 0 radical (unpaired) electrons. The number of hydrogen-bond donors (Lipinski definition) is 1. The SMILES string of the molecule is Nc1ccc(CCCN2CCOCC2=O)cn1. The van der Waals surface area contributed by atoms with Crippen molar-refractivity contribution in [2.24, 2.45) is 0 Å². The average Bonchev–Trinajstić information content (AvgIpc) is 2.34. The molecule has 1 aromatic heterocycles. The predicted molar refractivity (Wildman–Crippen MR) is 64.4 cm³/mol. The fourth-order valence-electron chi connectivity index (χ4n) is 1.84. The maximum atomic E-state index is 11.5. The molecule has 0 spiro atoms. The average molecular weight is 235 g/mol. The topological polar surface area (TPSA) is 68.4 Å². The molecule has 92 valence electrons. The van der Waals surface area contributed by atoms with Crippen molar-refractivity contribution < 1.29 is 9.53 Å².